The molecule has 0 saturated carbocycles. The first kappa shape index (κ1) is 12.5. The molecule has 94 valence electrons. The summed E-state index contributed by atoms with van der Waals surface area (Å²) in [6.45, 7) is 4.98. The van der Waals surface area contributed by atoms with E-state index in [0.29, 0.717) is 13.2 Å². The van der Waals surface area contributed by atoms with Crippen molar-refractivity contribution in [2.45, 2.75) is 19.4 Å². The highest BCUT2D eigenvalue weighted by molar-refractivity contribution is 7.12. The third-order valence-electron chi connectivity index (χ3n) is 2.84. The molecule has 1 atom stereocenters. The van der Waals surface area contributed by atoms with E-state index in [9.17, 15) is 4.79 Å². The van der Waals surface area contributed by atoms with Crippen LogP contribution in [0.2, 0.25) is 0 Å². The van der Waals surface area contributed by atoms with Crippen LogP contribution in [0.15, 0.2) is 11.4 Å². The predicted molar refractivity (Wildman–Crippen MR) is 68.6 cm³/mol. The van der Waals surface area contributed by atoms with Crippen molar-refractivity contribution in [3.8, 4) is 0 Å². The molecule has 2 rings (SSSR count). The van der Waals surface area contributed by atoms with Gasteiger partial charge in [0.25, 0.3) is 5.91 Å². The number of amides is 1. The number of carbonyl (C=O) groups is 1. The van der Waals surface area contributed by atoms with Crippen LogP contribution >= 0.6 is 11.3 Å². The van der Waals surface area contributed by atoms with Crippen molar-refractivity contribution in [1.29, 1.82) is 0 Å². The van der Waals surface area contributed by atoms with Gasteiger partial charge in [-0.05, 0) is 23.4 Å². The molecule has 1 amide bonds. The van der Waals surface area contributed by atoms with Crippen LogP contribution in [-0.4, -0.2) is 38.3 Å². The van der Waals surface area contributed by atoms with Crippen molar-refractivity contribution in [1.82, 2.24) is 10.6 Å². The van der Waals surface area contributed by atoms with E-state index in [2.05, 4.69) is 17.6 Å². The van der Waals surface area contributed by atoms with Crippen LogP contribution in [0.25, 0.3) is 0 Å². The second-order valence-corrected chi connectivity index (χ2v) is 4.98. The number of ether oxygens (including phenoxy) is 1. The zero-order chi connectivity index (χ0) is 12.1. The molecule has 1 aliphatic rings. The van der Waals surface area contributed by atoms with Gasteiger partial charge in [-0.15, -0.1) is 11.3 Å². The maximum absolute atomic E-state index is 12.0. The Hall–Kier alpha value is -0.910. The van der Waals surface area contributed by atoms with Crippen molar-refractivity contribution >= 4 is 17.2 Å². The van der Waals surface area contributed by atoms with E-state index in [0.717, 1.165) is 30.0 Å². The van der Waals surface area contributed by atoms with E-state index in [1.807, 2.05) is 11.4 Å². The van der Waals surface area contributed by atoms with Gasteiger partial charge >= 0.3 is 0 Å². The van der Waals surface area contributed by atoms with Crippen molar-refractivity contribution in [2.75, 3.05) is 26.3 Å². The Bertz CT molecular complexity index is 372. The quantitative estimate of drug-likeness (QED) is 0.844. The molecule has 1 aromatic heterocycles. The van der Waals surface area contributed by atoms with E-state index in [4.69, 9.17) is 4.74 Å². The third kappa shape index (κ3) is 3.28. The van der Waals surface area contributed by atoms with Gasteiger partial charge in [0.2, 0.25) is 0 Å². The van der Waals surface area contributed by atoms with Gasteiger partial charge < -0.3 is 15.4 Å². The molecule has 2 N–H and O–H groups in total. The lowest BCUT2D eigenvalue weighted by molar-refractivity contribution is 0.0735. The minimum Gasteiger partial charge on any atom is -0.378 e. The molecule has 1 saturated heterocycles. The fourth-order valence-electron chi connectivity index (χ4n) is 1.86. The first-order chi connectivity index (χ1) is 8.31. The van der Waals surface area contributed by atoms with Gasteiger partial charge in [0.05, 0.1) is 18.1 Å². The molecule has 1 unspecified atom stereocenters. The van der Waals surface area contributed by atoms with E-state index >= 15 is 0 Å². The lowest BCUT2D eigenvalue weighted by Crippen LogP contribution is -2.48. The summed E-state index contributed by atoms with van der Waals surface area (Å²) in [5.74, 6) is 0.0317. The molecule has 5 heteroatoms. The highest BCUT2D eigenvalue weighted by Crippen LogP contribution is 2.16. The predicted octanol–water partition coefficient (Wildman–Crippen LogP) is 1.03. The molecule has 2 heterocycles. The highest BCUT2D eigenvalue weighted by atomic mass is 32.1. The summed E-state index contributed by atoms with van der Waals surface area (Å²) in [5.41, 5.74) is 1.13. The SMILES string of the molecule is CCc1ccsc1C(=O)NCC1COCCN1. The number of hydrogen-bond acceptors (Lipinski definition) is 4. The summed E-state index contributed by atoms with van der Waals surface area (Å²) in [6, 6.07) is 2.25. The van der Waals surface area contributed by atoms with Crippen molar-refractivity contribution in [3.63, 3.8) is 0 Å². The molecule has 17 heavy (non-hydrogen) atoms. The molecule has 0 bridgehead atoms. The average Bonchev–Trinajstić information content (AvgIpc) is 2.85. The van der Waals surface area contributed by atoms with Gasteiger partial charge in [0, 0.05) is 19.1 Å². The number of carbonyl (C=O) groups excluding carboxylic acids is 1. The Balaban J connectivity index is 1.84. The lowest BCUT2D eigenvalue weighted by Gasteiger charge is -2.23. The minimum atomic E-state index is 0.0317. The largest absolute Gasteiger partial charge is 0.378 e. The summed E-state index contributed by atoms with van der Waals surface area (Å²) in [7, 11) is 0. The van der Waals surface area contributed by atoms with Gasteiger partial charge in [0.15, 0.2) is 0 Å². The van der Waals surface area contributed by atoms with Crippen LogP contribution in [-0.2, 0) is 11.2 Å². The molecule has 1 aliphatic heterocycles. The topological polar surface area (TPSA) is 50.4 Å². The van der Waals surface area contributed by atoms with Gasteiger partial charge in [0.1, 0.15) is 0 Å². The van der Waals surface area contributed by atoms with Gasteiger partial charge in [-0.1, -0.05) is 6.92 Å². The monoisotopic (exact) mass is 254 g/mol. The number of morpholine rings is 1. The fourth-order valence-corrected chi connectivity index (χ4v) is 2.77. The molecule has 1 fully saturated rings. The summed E-state index contributed by atoms with van der Waals surface area (Å²) in [5, 5.41) is 8.24. The maximum Gasteiger partial charge on any atom is 0.261 e. The number of hydrogen-bond donors (Lipinski definition) is 2. The summed E-state index contributed by atoms with van der Waals surface area (Å²) >= 11 is 1.51. The van der Waals surface area contributed by atoms with Crippen LogP contribution in [0.5, 0.6) is 0 Å². The van der Waals surface area contributed by atoms with E-state index in [-0.39, 0.29) is 11.9 Å². The van der Waals surface area contributed by atoms with Crippen LogP contribution in [0.1, 0.15) is 22.2 Å². The third-order valence-corrected chi connectivity index (χ3v) is 3.80. The Morgan fingerprint density at radius 3 is 3.29 bits per heavy atom. The number of aryl methyl sites for hydroxylation is 1. The van der Waals surface area contributed by atoms with Crippen molar-refractivity contribution < 1.29 is 9.53 Å². The highest BCUT2D eigenvalue weighted by Gasteiger charge is 2.16. The first-order valence-electron chi connectivity index (χ1n) is 5.97. The Morgan fingerprint density at radius 2 is 2.59 bits per heavy atom. The van der Waals surface area contributed by atoms with Gasteiger partial charge in [-0.3, -0.25) is 4.79 Å². The Labute approximate surface area is 105 Å². The van der Waals surface area contributed by atoms with Crippen molar-refractivity contribution in [2.24, 2.45) is 0 Å². The minimum absolute atomic E-state index is 0.0317. The van der Waals surface area contributed by atoms with E-state index in [1.54, 1.807) is 0 Å². The van der Waals surface area contributed by atoms with E-state index < -0.39 is 0 Å². The van der Waals surface area contributed by atoms with Gasteiger partial charge in [-0.2, -0.15) is 0 Å². The Morgan fingerprint density at radius 1 is 1.71 bits per heavy atom. The number of rotatable bonds is 4. The van der Waals surface area contributed by atoms with E-state index in [1.165, 1.54) is 11.3 Å². The lowest BCUT2D eigenvalue weighted by atomic mass is 10.2. The van der Waals surface area contributed by atoms with Crippen LogP contribution in [0.3, 0.4) is 0 Å². The summed E-state index contributed by atoms with van der Waals surface area (Å²) in [6.07, 6.45) is 0.900. The summed E-state index contributed by atoms with van der Waals surface area (Å²) < 4.78 is 5.34. The molecule has 0 aromatic carbocycles. The molecule has 4 nitrogen and oxygen atoms in total. The van der Waals surface area contributed by atoms with Crippen molar-refractivity contribution in [3.05, 3.63) is 21.9 Å². The normalized spacial score (nSPS) is 20.2. The molecular formula is C12H18N2O2S. The van der Waals surface area contributed by atoms with Crippen LogP contribution in [0.4, 0.5) is 0 Å². The molecule has 0 spiro atoms. The average molecular weight is 254 g/mol. The fraction of sp³-hybridized carbons (Fsp3) is 0.583. The number of thiophene rings is 1. The first-order valence-corrected chi connectivity index (χ1v) is 6.85. The molecule has 1 aromatic rings. The smallest absolute Gasteiger partial charge is 0.261 e. The zero-order valence-corrected chi connectivity index (χ0v) is 10.8. The molecule has 0 radical (unpaired) electrons. The van der Waals surface area contributed by atoms with Crippen LogP contribution < -0.4 is 10.6 Å². The van der Waals surface area contributed by atoms with Gasteiger partial charge in [-0.25, -0.2) is 0 Å². The molecular weight excluding hydrogens is 236 g/mol. The molecule has 0 aliphatic carbocycles. The maximum atomic E-state index is 12.0. The second-order valence-electron chi connectivity index (χ2n) is 4.06. The standard InChI is InChI=1S/C12H18N2O2S/c1-2-9-3-6-17-11(9)12(15)14-7-10-8-16-5-4-13-10/h3,6,10,13H,2,4-5,7-8H2,1H3,(H,14,15). The second kappa shape index (κ2) is 6.14. The summed E-state index contributed by atoms with van der Waals surface area (Å²) in [4.78, 5) is 12.8. The van der Waals surface area contributed by atoms with Crippen LogP contribution in [0, 0.1) is 0 Å². The number of nitrogens with one attached hydrogen (secondary N) is 2. The zero-order valence-electron chi connectivity index (χ0n) is 9.99. The Kier molecular flexibility index (Phi) is 4.53.